The van der Waals surface area contributed by atoms with Crippen LogP contribution in [0, 0.1) is 0 Å². The van der Waals surface area contributed by atoms with E-state index in [1.54, 1.807) is 30.3 Å². The summed E-state index contributed by atoms with van der Waals surface area (Å²) in [5.41, 5.74) is 9.79. The van der Waals surface area contributed by atoms with Crippen LogP contribution in [0.5, 0.6) is 11.5 Å². The van der Waals surface area contributed by atoms with E-state index >= 15 is 0 Å². The van der Waals surface area contributed by atoms with Crippen LogP contribution in [0.2, 0.25) is 0 Å². The lowest BCUT2D eigenvalue weighted by atomic mass is 10.2. The average molecular weight is 327 g/mol. The Balaban J connectivity index is 2.07. The van der Waals surface area contributed by atoms with Gasteiger partial charge in [-0.05, 0) is 49.7 Å². The van der Waals surface area contributed by atoms with E-state index < -0.39 is 0 Å². The molecule has 0 aliphatic heterocycles. The quantitative estimate of drug-likeness (QED) is 0.465. The van der Waals surface area contributed by atoms with Crippen molar-refractivity contribution in [2.45, 2.75) is 13.8 Å². The van der Waals surface area contributed by atoms with Crippen molar-refractivity contribution in [3.8, 4) is 11.5 Å². The molecule has 3 N–H and O–H groups in total. The van der Waals surface area contributed by atoms with Crippen LogP contribution in [0.15, 0.2) is 47.6 Å². The van der Waals surface area contributed by atoms with Gasteiger partial charge in [-0.15, -0.1) is 0 Å². The monoisotopic (exact) mass is 327 g/mol. The van der Waals surface area contributed by atoms with Crippen molar-refractivity contribution < 1.29 is 14.3 Å². The number of hydrogen-bond acceptors (Lipinski definition) is 5. The van der Waals surface area contributed by atoms with Gasteiger partial charge in [0, 0.05) is 5.69 Å². The summed E-state index contributed by atoms with van der Waals surface area (Å²) in [5, 5.41) is 3.96. The first-order chi connectivity index (χ1) is 11.7. The average Bonchev–Trinajstić information content (AvgIpc) is 2.58. The molecule has 24 heavy (non-hydrogen) atoms. The van der Waals surface area contributed by atoms with Gasteiger partial charge in [0.1, 0.15) is 0 Å². The Morgan fingerprint density at radius 1 is 1.12 bits per heavy atom. The van der Waals surface area contributed by atoms with E-state index in [0.29, 0.717) is 36.0 Å². The molecule has 1 amide bonds. The molecule has 0 saturated heterocycles. The molecule has 0 aliphatic rings. The minimum atomic E-state index is -0.361. The summed E-state index contributed by atoms with van der Waals surface area (Å²) in [6.45, 7) is 4.91. The van der Waals surface area contributed by atoms with Gasteiger partial charge in [-0.1, -0.05) is 12.1 Å². The molecule has 0 unspecified atom stereocenters. The van der Waals surface area contributed by atoms with Gasteiger partial charge >= 0.3 is 0 Å². The minimum Gasteiger partial charge on any atom is -0.490 e. The molecule has 2 aromatic carbocycles. The Kier molecular flexibility index (Phi) is 6.19. The van der Waals surface area contributed by atoms with Gasteiger partial charge in [0.15, 0.2) is 11.5 Å². The summed E-state index contributed by atoms with van der Waals surface area (Å²) in [6.07, 6.45) is 1.54. The lowest BCUT2D eigenvalue weighted by Crippen LogP contribution is -2.19. The molecule has 6 heteroatoms. The van der Waals surface area contributed by atoms with Crippen LogP contribution in [-0.2, 0) is 0 Å². The second-order valence-electron chi connectivity index (χ2n) is 4.86. The summed E-state index contributed by atoms with van der Waals surface area (Å²) in [4.78, 5) is 12.0. The van der Waals surface area contributed by atoms with Crippen LogP contribution in [0.3, 0.4) is 0 Å². The predicted molar refractivity (Wildman–Crippen MR) is 94.7 cm³/mol. The molecular weight excluding hydrogens is 306 g/mol. The Hall–Kier alpha value is -3.02. The zero-order valence-electron chi connectivity index (χ0n) is 13.8. The number of nitrogen functional groups attached to an aromatic ring is 1. The van der Waals surface area contributed by atoms with Gasteiger partial charge < -0.3 is 15.2 Å². The van der Waals surface area contributed by atoms with E-state index in [9.17, 15) is 4.79 Å². The Morgan fingerprint density at radius 3 is 2.54 bits per heavy atom. The number of hydrogen-bond donors (Lipinski definition) is 2. The summed E-state index contributed by atoms with van der Waals surface area (Å²) in [6, 6.07) is 12.3. The Bertz CT molecular complexity index is 729. The molecule has 0 fully saturated rings. The largest absolute Gasteiger partial charge is 0.490 e. The van der Waals surface area contributed by atoms with Crippen LogP contribution >= 0.6 is 0 Å². The van der Waals surface area contributed by atoms with Gasteiger partial charge in [0.05, 0.1) is 25.0 Å². The second kappa shape index (κ2) is 8.57. The molecule has 2 aromatic rings. The van der Waals surface area contributed by atoms with Crippen LogP contribution < -0.4 is 20.6 Å². The molecule has 0 spiro atoms. The number of amides is 1. The van der Waals surface area contributed by atoms with Gasteiger partial charge in [-0.3, -0.25) is 4.79 Å². The van der Waals surface area contributed by atoms with E-state index in [-0.39, 0.29) is 5.91 Å². The third-order valence-electron chi connectivity index (χ3n) is 3.15. The van der Waals surface area contributed by atoms with Gasteiger partial charge in [0.25, 0.3) is 5.91 Å². The third-order valence-corrected chi connectivity index (χ3v) is 3.15. The predicted octanol–water partition coefficient (Wildman–Crippen LogP) is 2.83. The van der Waals surface area contributed by atoms with Crippen molar-refractivity contribution in [1.29, 1.82) is 0 Å². The van der Waals surface area contributed by atoms with E-state index in [1.165, 1.54) is 6.21 Å². The minimum absolute atomic E-state index is 0.361. The normalized spacial score (nSPS) is 10.6. The van der Waals surface area contributed by atoms with Crippen molar-refractivity contribution in [2.24, 2.45) is 5.10 Å². The number of benzene rings is 2. The number of hydrazone groups is 1. The zero-order chi connectivity index (χ0) is 17.4. The smallest absolute Gasteiger partial charge is 0.273 e. The first-order valence-corrected chi connectivity index (χ1v) is 7.73. The van der Waals surface area contributed by atoms with Crippen LogP contribution in [-0.4, -0.2) is 25.3 Å². The topological polar surface area (TPSA) is 85.9 Å². The molecule has 126 valence electrons. The summed E-state index contributed by atoms with van der Waals surface area (Å²) >= 11 is 0. The van der Waals surface area contributed by atoms with Gasteiger partial charge in [0.2, 0.25) is 0 Å². The first-order valence-electron chi connectivity index (χ1n) is 7.73. The summed E-state index contributed by atoms with van der Waals surface area (Å²) in [7, 11) is 0. The maximum absolute atomic E-state index is 12.0. The number of nitrogens with two attached hydrogens (primary N) is 1. The Labute approximate surface area is 141 Å². The maximum Gasteiger partial charge on any atom is 0.273 e. The standard InChI is InChI=1S/C18H21N3O3/c1-3-23-16-10-9-13(11-17(16)24-4-2)12-20-21-18(22)14-7-5-6-8-15(14)19/h5-12H,3-4,19H2,1-2H3,(H,21,22)/b20-12-. The molecule has 0 radical (unpaired) electrons. The second-order valence-corrected chi connectivity index (χ2v) is 4.86. The molecular formula is C18H21N3O3. The van der Waals surface area contributed by atoms with Crippen molar-refractivity contribution in [3.05, 3.63) is 53.6 Å². The van der Waals surface area contributed by atoms with E-state index in [2.05, 4.69) is 10.5 Å². The number of carbonyl (C=O) groups is 1. The maximum atomic E-state index is 12.0. The molecule has 0 atom stereocenters. The fourth-order valence-corrected chi connectivity index (χ4v) is 2.08. The highest BCUT2D eigenvalue weighted by atomic mass is 16.5. The first kappa shape index (κ1) is 17.3. The van der Waals surface area contributed by atoms with Gasteiger partial charge in [-0.25, -0.2) is 5.43 Å². The lowest BCUT2D eigenvalue weighted by molar-refractivity contribution is 0.0956. The number of carbonyl (C=O) groups excluding carboxylic acids is 1. The molecule has 0 aliphatic carbocycles. The number of rotatable bonds is 7. The lowest BCUT2D eigenvalue weighted by Gasteiger charge is -2.11. The van der Waals surface area contributed by atoms with Crippen LogP contribution in [0.4, 0.5) is 5.69 Å². The molecule has 0 heterocycles. The van der Waals surface area contributed by atoms with E-state index in [4.69, 9.17) is 15.2 Å². The fraction of sp³-hybridized carbons (Fsp3) is 0.222. The number of para-hydroxylation sites is 1. The van der Waals surface area contributed by atoms with E-state index in [0.717, 1.165) is 5.56 Å². The molecule has 2 rings (SSSR count). The van der Waals surface area contributed by atoms with E-state index in [1.807, 2.05) is 26.0 Å². The highest BCUT2D eigenvalue weighted by molar-refractivity contribution is 5.99. The van der Waals surface area contributed by atoms with Crippen LogP contribution in [0.1, 0.15) is 29.8 Å². The Morgan fingerprint density at radius 2 is 1.83 bits per heavy atom. The zero-order valence-corrected chi connectivity index (χ0v) is 13.8. The highest BCUT2D eigenvalue weighted by Crippen LogP contribution is 2.27. The summed E-state index contributed by atoms with van der Waals surface area (Å²) < 4.78 is 11.1. The third kappa shape index (κ3) is 4.49. The molecule has 0 bridgehead atoms. The summed E-state index contributed by atoms with van der Waals surface area (Å²) in [5.74, 6) is 0.958. The number of anilines is 1. The molecule has 0 saturated carbocycles. The van der Waals surface area contributed by atoms with Crippen molar-refractivity contribution in [3.63, 3.8) is 0 Å². The highest BCUT2D eigenvalue weighted by Gasteiger charge is 2.08. The number of ether oxygens (including phenoxy) is 2. The van der Waals surface area contributed by atoms with Crippen molar-refractivity contribution in [1.82, 2.24) is 5.43 Å². The number of nitrogens with one attached hydrogen (secondary N) is 1. The molecule has 0 aromatic heterocycles. The van der Waals surface area contributed by atoms with Gasteiger partial charge in [-0.2, -0.15) is 5.10 Å². The molecule has 6 nitrogen and oxygen atoms in total. The SMILES string of the molecule is CCOc1ccc(/C=N\NC(=O)c2ccccc2N)cc1OCC. The number of nitrogens with zero attached hydrogens (tertiary/aromatic N) is 1. The van der Waals surface area contributed by atoms with Crippen molar-refractivity contribution in [2.75, 3.05) is 18.9 Å². The van der Waals surface area contributed by atoms with Crippen molar-refractivity contribution >= 4 is 17.8 Å². The fourth-order valence-electron chi connectivity index (χ4n) is 2.08. The van der Waals surface area contributed by atoms with Crippen LogP contribution in [0.25, 0.3) is 0 Å².